The number of carboxylic acids is 1. The third-order valence-electron chi connectivity index (χ3n) is 2.11. The number of carboxylic acid groups (broad SMARTS) is 1. The molecule has 0 saturated heterocycles. The van der Waals surface area contributed by atoms with Crippen LogP contribution >= 0.6 is 0 Å². The second-order valence-corrected chi connectivity index (χ2v) is 3.67. The van der Waals surface area contributed by atoms with Gasteiger partial charge in [0, 0.05) is 26.9 Å². The number of nitrogens with one attached hydrogen (secondary N) is 2. The maximum Gasteiger partial charge on any atom is 0.334 e. The van der Waals surface area contributed by atoms with Crippen LogP contribution in [0.4, 0.5) is 4.79 Å². The number of aliphatic carboxylic acids is 1. The van der Waals surface area contributed by atoms with Crippen molar-refractivity contribution in [2.24, 2.45) is 0 Å². The highest BCUT2D eigenvalue weighted by Gasteiger charge is 2.16. The SMILES string of the molecule is CCCOCCCNC(=O)NCC(OC)C(=O)O. The predicted octanol–water partition coefficient (Wildman–Crippen LogP) is 0.202. The van der Waals surface area contributed by atoms with Gasteiger partial charge in [0.25, 0.3) is 0 Å². The number of carbonyl (C=O) groups excluding carboxylic acids is 1. The first-order valence-electron chi connectivity index (χ1n) is 5.96. The topological polar surface area (TPSA) is 96.9 Å². The van der Waals surface area contributed by atoms with E-state index in [0.29, 0.717) is 13.2 Å². The van der Waals surface area contributed by atoms with E-state index < -0.39 is 18.1 Å². The van der Waals surface area contributed by atoms with Crippen LogP contribution in [0, 0.1) is 0 Å². The van der Waals surface area contributed by atoms with Crippen molar-refractivity contribution in [1.82, 2.24) is 10.6 Å². The third-order valence-corrected chi connectivity index (χ3v) is 2.11. The summed E-state index contributed by atoms with van der Waals surface area (Å²) in [6.07, 6.45) is 0.672. The molecule has 7 heteroatoms. The lowest BCUT2D eigenvalue weighted by Gasteiger charge is -2.12. The number of amides is 2. The second kappa shape index (κ2) is 10.8. The molecule has 2 amide bonds. The van der Waals surface area contributed by atoms with E-state index in [2.05, 4.69) is 15.4 Å². The van der Waals surface area contributed by atoms with E-state index in [-0.39, 0.29) is 6.54 Å². The van der Waals surface area contributed by atoms with Gasteiger partial charge in [0.05, 0.1) is 6.54 Å². The number of ether oxygens (including phenoxy) is 2. The van der Waals surface area contributed by atoms with Crippen LogP contribution in [0.25, 0.3) is 0 Å². The quantitative estimate of drug-likeness (QED) is 0.489. The van der Waals surface area contributed by atoms with E-state index in [1.807, 2.05) is 6.92 Å². The Morgan fingerprint density at radius 2 is 2.00 bits per heavy atom. The number of carbonyl (C=O) groups is 2. The van der Waals surface area contributed by atoms with E-state index in [9.17, 15) is 9.59 Å². The van der Waals surface area contributed by atoms with Crippen LogP contribution < -0.4 is 10.6 Å². The molecule has 0 aromatic heterocycles. The molecule has 0 aliphatic rings. The summed E-state index contributed by atoms with van der Waals surface area (Å²) >= 11 is 0. The molecular weight excluding hydrogens is 240 g/mol. The highest BCUT2D eigenvalue weighted by molar-refractivity contribution is 5.76. The Labute approximate surface area is 107 Å². The first kappa shape index (κ1) is 16.7. The zero-order valence-electron chi connectivity index (χ0n) is 10.9. The highest BCUT2D eigenvalue weighted by Crippen LogP contribution is 1.88. The number of hydrogen-bond donors (Lipinski definition) is 3. The molecule has 18 heavy (non-hydrogen) atoms. The number of rotatable bonds is 10. The van der Waals surface area contributed by atoms with Crippen LogP contribution in [-0.4, -0.2) is 56.6 Å². The molecule has 0 aromatic rings. The Balaban J connectivity index is 3.50. The summed E-state index contributed by atoms with van der Waals surface area (Å²) in [5.41, 5.74) is 0. The fraction of sp³-hybridized carbons (Fsp3) is 0.818. The summed E-state index contributed by atoms with van der Waals surface area (Å²) in [6, 6.07) is -0.409. The van der Waals surface area contributed by atoms with Gasteiger partial charge in [-0.05, 0) is 12.8 Å². The van der Waals surface area contributed by atoms with Gasteiger partial charge >= 0.3 is 12.0 Å². The van der Waals surface area contributed by atoms with Gasteiger partial charge in [-0.2, -0.15) is 0 Å². The zero-order chi connectivity index (χ0) is 13.8. The van der Waals surface area contributed by atoms with Crippen molar-refractivity contribution in [3.8, 4) is 0 Å². The average Bonchev–Trinajstić information content (AvgIpc) is 2.34. The summed E-state index contributed by atoms with van der Waals surface area (Å²) in [6.45, 7) is 3.77. The summed E-state index contributed by atoms with van der Waals surface area (Å²) < 4.78 is 9.91. The fourth-order valence-electron chi connectivity index (χ4n) is 1.14. The third kappa shape index (κ3) is 8.77. The maximum atomic E-state index is 11.3. The zero-order valence-corrected chi connectivity index (χ0v) is 10.9. The molecule has 0 rings (SSSR count). The van der Waals surface area contributed by atoms with Gasteiger partial charge in [-0.25, -0.2) is 9.59 Å². The Morgan fingerprint density at radius 1 is 1.28 bits per heavy atom. The normalized spacial score (nSPS) is 11.9. The fourth-order valence-corrected chi connectivity index (χ4v) is 1.14. The number of urea groups is 1. The summed E-state index contributed by atoms with van der Waals surface area (Å²) in [5, 5.41) is 13.7. The molecule has 0 fully saturated rings. The molecule has 0 spiro atoms. The monoisotopic (exact) mass is 262 g/mol. The first-order chi connectivity index (χ1) is 8.61. The van der Waals surface area contributed by atoms with Crippen molar-refractivity contribution < 1.29 is 24.2 Å². The molecule has 0 bridgehead atoms. The summed E-state index contributed by atoms with van der Waals surface area (Å²) in [7, 11) is 1.28. The van der Waals surface area contributed by atoms with Gasteiger partial charge in [0.1, 0.15) is 0 Å². The lowest BCUT2D eigenvalue weighted by atomic mass is 10.3. The maximum absolute atomic E-state index is 11.3. The van der Waals surface area contributed by atoms with Crippen LogP contribution in [0.5, 0.6) is 0 Å². The van der Waals surface area contributed by atoms with Crippen molar-refractivity contribution in [3.05, 3.63) is 0 Å². The minimum Gasteiger partial charge on any atom is -0.479 e. The smallest absolute Gasteiger partial charge is 0.334 e. The van der Waals surface area contributed by atoms with Gasteiger partial charge in [-0.15, -0.1) is 0 Å². The molecule has 0 radical (unpaired) electrons. The number of hydrogen-bond acceptors (Lipinski definition) is 4. The Morgan fingerprint density at radius 3 is 2.56 bits per heavy atom. The summed E-state index contributed by atoms with van der Waals surface area (Å²) in [5.74, 6) is -1.11. The Bertz CT molecular complexity index is 248. The van der Waals surface area contributed by atoms with Crippen LogP contribution in [0.2, 0.25) is 0 Å². The van der Waals surface area contributed by atoms with Gasteiger partial charge < -0.3 is 25.2 Å². The van der Waals surface area contributed by atoms with Gasteiger partial charge in [-0.1, -0.05) is 6.92 Å². The molecule has 0 aliphatic heterocycles. The first-order valence-corrected chi connectivity index (χ1v) is 5.96. The molecule has 0 saturated carbocycles. The average molecular weight is 262 g/mol. The highest BCUT2D eigenvalue weighted by atomic mass is 16.5. The molecule has 1 atom stereocenters. The minimum atomic E-state index is -1.11. The van der Waals surface area contributed by atoms with E-state index >= 15 is 0 Å². The molecule has 3 N–H and O–H groups in total. The lowest BCUT2D eigenvalue weighted by molar-refractivity contribution is -0.147. The van der Waals surface area contributed by atoms with E-state index in [4.69, 9.17) is 9.84 Å². The van der Waals surface area contributed by atoms with E-state index in [0.717, 1.165) is 19.4 Å². The van der Waals surface area contributed by atoms with Crippen molar-refractivity contribution in [2.45, 2.75) is 25.9 Å². The van der Waals surface area contributed by atoms with Crippen LogP contribution in [0.15, 0.2) is 0 Å². The summed E-state index contributed by atoms with van der Waals surface area (Å²) in [4.78, 5) is 21.9. The standard InChI is InChI=1S/C11H22N2O5/c1-3-6-18-7-4-5-12-11(16)13-8-9(17-2)10(14)15/h9H,3-8H2,1-2H3,(H,14,15)(H2,12,13,16). The number of methoxy groups -OCH3 is 1. The molecule has 0 heterocycles. The van der Waals surface area contributed by atoms with Crippen molar-refractivity contribution in [2.75, 3.05) is 33.4 Å². The largest absolute Gasteiger partial charge is 0.479 e. The van der Waals surface area contributed by atoms with Gasteiger partial charge in [-0.3, -0.25) is 0 Å². The van der Waals surface area contributed by atoms with Gasteiger partial charge in [0.15, 0.2) is 6.10 Å². The lowest BCUT2D eigenvalue weighted by Crippen LogP contribution is -2.43. The second-order valence-electron chi connectivity index (χ2n) is 3.67. The minimum absolute atomic E-state index is 0.0655. The van der Waals surface area contributed by atoms with Crippen LogP contribution in [0.3, 0.4) is 0 Å². The molecule has 0 aromatic carbocycles. The Kier molecular flexibility index (Phi) is 9.99. The Hall–Kier alpha value is -1.34. The van der Waals surface area contributed by atoms with Crippen LogP contribution in [0.1, 0.15) is 19.8 Å². The molecule has 1 unspecified atom stereocenters. The van der Waals surface area contributed by atoms with E-state index in [1.165, 1.54) is 7.11 Å². The van der Waals surface area contributed by atoms with Gasteiger partial charge in [0.2, 0.25) is 0 Å². The van der Waals surface area contributed by atoms with Crippen molar-refractivity contribution >= 4 is 12.0 Å². The molecule has 106 valence electrons. The van der Waals surface area contributed by atoms with Crippen LogP contribution in [-0.2, 0) is 14.3 Å². The predicted molar refractivity (Wildman–Crippen MR) is 65.6 cm³/mol. The molecule has 7 nitrogen and oxygen atoms in total. The molecular formula is C11H22N2O5. The van der Waals surface area contributed by atoms with Crippen molar-refractivity contribution in [1.29, 1.82) is 0 Å². The molecule has 0 aliphatic carbocycles. The van der Waals surface area contributed by atoms with Crippen molar-refractivity contribution in [3.63, 3.8) is 0 Å². The van der Waals surface area contributed by atoms with E-state index in [1.54, 1.807) is 0 Å².